The standard InChI is InChI=1S/C23H29N5O3/c1-15-8-22-19(23(29)28(14-31-22)13-18-4-3-7-30-18)10-17(15)9-16-5-6-20(26-11-16)21(27-24)12-25-2/h5-6,8,10-12,18,25,27H,3-4,7,9,13-14,24H2,1-2H3/b21-12-. The molecule has 1 saturated heterocycles. The summed E-state index contributed by atoms with van der Waals surface area (Å²) in [4.78, 5) is 19.3. The Bertz CT molecular complexity index is 968. The van der Waals surface area contributed by atoms with Crippen molar-refractivity contribution in [3.63, 3.8) is 0 Å². The maximum Gasteiger partial charge on any atom is 0.260 e. The van der Waals surface area contributed by atoms with Crippen LogP contribution in [-0.4, -0.2) is 48.8 Å². The SMILES string of the molecule is CN/C=C(\NN)c1ccc(Cc2cc3c(cc2C)OCN(CC2CCCO2)C3=O)cn1. The third-order valence-corrected chi connectivity index (χ3v) is 5.72. The fraction of sp³-hybridized carbons (Fsp3) is 0.391. The second-order valence-electron chi connectivity index (χ2n) is 7.93. The highest BCUT2D eigenvalue weighted by atomic mass is 16.5. The molecular formula is C23H29N5O3. The topological polar surface area (TPSA) is 102 Å². The zero-order chi connectivity index (χ0) is 21.8. The Balaban J connectivity index is 1.52. The van der Waals surface area contributed by atoms with E-state index in [9.17, 15) is 4.79 Å². The number of hydrogen-bond donors (Lipinski definition) is 3. The number of hydrogen-bond acceptors (Lipinski definition) is 7. The summed E-state index contributed by atoms with van der Waals surface area (Å²) in [7, 11) is 1.80. The molecule has 4 rings (SSSR count). The summed E-state index contributed by atoms with van der Waals surface area (Å²) in [5, 5.41) is 2.94. The van der Waals surface area contributed by atoms with Crippen LogP contribution < -0.4 is 21.3 Å². The molecule has 1 aromatic heterocycles. The van der Waals surface area contributed by atoms with Gasteiger partial charge in [-0.05, 0) is 61.1 Å². The van der Waals surface area contributed by atoms with E-state index >= 15 is 0 Å². The van der Waals surface area contributed by atoms with Gasteiger partial charge in [0.25, 0.3) is 5.91 Å². The number of nitrogens with zero attached hydrogens (tertiary/aromatic N) is 2. The van der Waals surface area contributed by atoms with E-state index in [4.69, 9.17) is 15.3 Å². The number of rotatable bonds is 7. The van der Waals surface area contributed by atoms with E-state index in [1.807, 2.05) is 37.4 Å². The molecule has 0 aliphatic carbocycles. The molecule has 1 atom stereocenters. The van der Waals surface area contributed by atoms with Gasteiger partial charge in [0.05, 0.1) is 29.6 Å². The predicted molar refractivity (Wildman–Crippen MR) is 118 cm³/mol. The highest BCUT2D eigenvalue weighted by molar-refractivity contribution is 5.98. The number of pyridine rings is 1. The Hall–Kier alpha value is -3.10. The van der Waals surface area contributed by atoms with Crippen molar-refractivity contribution < 1.29 is 14.3 Å². The molecule has 8 nitrogen and oxygen atoms in total. The molecule has 3 heterocycles. The van der Waals surface area contributed by atoms with Gasteiger partial charge in [-0.2, -0.15) is 0 Å². The minimum atomic E-state index is 0.00216. The molecule has 1 fully saturated rings. The fourth-order valence-corrected chi connectivity index (χ4v) is 3.99. The molecule has 2 aliphatic heterocycles. The maximum atomic E-state index is 13.1. The average Bonchev–Trinajstić information content (AvgIpc) is 3.29. The number of carbonyl (C=O) groups excluding carboxylic acids is 1. The third kappa shape index (κ3) is 4.65. The van der Waals surface area contributed by atoms with E-state index in [2.05, 4.69) is 15.7 Å². The number of fused-ring (bicyclic) bond motifs is 1. The summed E-state index contributed by atoms with van der Waals surface area (Å²) in [6, 6.07) is 7.85. The van der Waals surface area contributed by atoms with E-state index in [0.29, 0.717) is 30.0 Å². The Morgan fingerprint density at radius 2 is 2.26 bits per heavy atom. The molecule has 0 radical (unpaired) electrons. The number of nitrogens with two attached hydrogens (primary N) is 1. The van der Waals surface area contributed by atoms with Crippen molar-refractivity contribution in [3.8, 4) is 5.75 Å². The van der Waals surface area contributed by atoms with Crippen LogP contribution in [0, 0.1) is 6.92 Å². The lowest BCUT2D eigenvalue weighted by Gasteiger charge is -2.31. The average molecular weight is 424 g/mol. The maximum absolute atomic E-state index is 13.1. The van der Waals surface area contributed by atoms with Gasteiger partial charge in [0.2, 0.25) is 0 Å². The van der Waals surface area contributed by atoms with E-state index in [-0.39, 0.29) is 18.7 Å². The third-order valence-electron chi connectivity index (χ3n) is 5.72. The lowest BCUT2D eigenvalue weighted by molar-refractivity contribution is 0.0261. The largest absolute Gasteiger partial charge is 0.472 e. The second kappa shape index (κ2) is 9.36. The Kier molecular flexibility index (Phi) is 6.39. The minimum absolute atomic E-state index is 0.00216. The monoisotopic (exact) mass is 423 g/mol. The van der Waals surface area contributed by atoms with Crippen molar-refractivity contribution in [2.75, 3.05) is 26.9 Å². The zero-order valence-corrected chi connectivity index (χ0v) is 18.0. The van der Waals surface area contributed by atoms with Crippen LogP contribution in [0.25, 0.3) is 5.70 Å². The van der Waals surface area contributed by atoms with Crippen LogP contribution in [0.3, 0.4) is 0 Å². The van der Waals surface area contributed by atoms with Gasteiger partial charge < -0.3 is 25.1 Å². The van der Waals surface area contributed by atoms with E-state index in [1.54, 1.807) is 18.1 Å². The Morgan fingerprint density at radius 3 is 2.94 bits per heavy atom. The number of amides is 1. The van der Waals surface area contributed by atoms with Gasteiger partial charge in [0.1, 0.15) is 5.75 Å². The smallest absolute Gasteiger partial charge is 0.260 e. The van der Waals surface area contributed by atoms with E-state index < -0.39 is 0 Å². The van der Waals surface area contributed by atoms with Gasteiger partial charge in [0.15, 0.2) is 6.73 Å². The zero-order valence-electron chi connectivity index (χ0n) is 18.0. The summed E-state index contributed by atoms with van der Waals surface area (Å²) in [6.07, 6.45) is 6.40. The summed E-state index contributed by atoms with van der Waals surface area (Å²) < 4.78 is 11.6. The highest BCUT2D eigenvalue weighted by Gasteiger charge is 2.29. The number of benzene rings is 1. The summed E-state index contributed by atoms with van der Waals surface area (Å²) in [5.41, 5.74) is 7.91. The van der Waals surface area contributed by atoms with Gasteiger partial charge in [-0.15, -0.1) is 0 Å². The first-order chi connectivity index (χ1) is 15.1. The van der Waals surface area contributed by atoms with E-state index in [1.165, 1.54) is 0 Å². The van der Waals surface area contributed by atoms with Crippen molar-refractivity contribution in [3.05, 3.63) is 64.6 Å². The fourth-order valence-electron chi connectivity index (χ4n) is 3.99. The summed E-state index contributed by atoms with van der Waals surface area (Å²) >= 11 is 0. The molecule has 1 amide bonds. The normalized spacial score (nSPS) is 18.5. The molecule has 2 aliphatic rings. The predicted octanol–water partition coefficient (Wildman–Crippen LogP) is 1.93. The summed E-state index contributed by atoms with van der Waals surface area (Å²) in [5.74, 6) is 6.21. The molecule has 1 aromatic carbocycles. The number of aromatic nitrogens is 1. The molecule has 0 spiro atoms. The van der Waals surface area contributed by atoms with Gasteiger partial charge in [-0.25, -0.2) is 0 Å². The number of carbonyl (C=O) groups is 1. The molecule has 31 heavy (non-hydrogen) atoms. The Labute approximate surface area is 182 Å². The van der Waals surface area contributed by atoms with Gasteiger partial charge >= 0.3 is 0 Å². The van der Waals surface area contributed by atoms with Crippen molar-refractivity contribution in [1.29, 1.82) is 0 Å². The second-order valence-corrected chi connectivity index (χ2v) is 7.93. The molecule has 0 saturated carbocycles. The van der Waals surface area contributed by atoms with E-state index in [0.717, 1.165) is 41.8 Å². The van der Waals surface area contributed by atoms with Crippen molar-refractivity contribution in [2.45, 2.75) is 32.3 Å². The van der Waals surface area contributed by atoms with Crippen LogP contribution >= 0.6 is 0 Å². The van der Waals surface area contributed by atoms with Crippen LogP contribution in [0.15, 0.2) is 36.7 Å². The number of nitrogens with one attached hydrogen (secondary N) is 2. The number of aryl methyl sites for hydroxylation is 1. The molecule has 4 N–H and O–H groups in total. The van der Waals surface area contributed by atoms with Crippen LogP contribution in [0.4, 0.5) is 0 Å². The number of ether oxygens (including phenoxy) is 2. The molecular weight excluding hydrogens is 394 g/mol. The lowest BCUT2D eigenvalue weighted by atomic mass is 9.97. The van der Waals surface area contributed by atoms with Crippen LogP contribution in [0.1, 0.15) is 45.6 Å². The quantitative estimate of drug-likeness (QED) is 0.462. The highest BCUT2D eigenvalue weighted by Crippen LogP contribution is 2.30. The van der Waals surface area contributed by atoms with Gasteiger partial charge in [0, 0.05) is 26.1 Å². The van der Waals surface area contributed by atoms with Crippen LogP contribution in [-0.2, 0) is 11.2 Å². The molecule has 8 heteroatoms. The Morgan fingerprint density at radius 1 is 1.39 bits per heavy atom. The number of hydrazine groups is 1. The van der Waals surface area contributed by atoms with Gasteiger partial charge in [-0.1, -0.05) is 6.07 Å². The van der Waals surface area contributed by atoms with Gasteiger partial charge in [-0.3, -0.25) is 15.6 Å². The van der Waals surface area contributed by atoms with Crippen LogP contribution in [0.2, 0.25) is 0 Å². The van der Waals surface area contributed by atoms with Crippen LogP contribution in [0.5, 0.6) is 5.75 Å². The molecule has 0 bridgehead atoms. The van der Waals surface area contributed by atoms with Crippen molar-refractivity contribution >= 4 is 11.6 Å². The molecule has 2 aromatic rings. The molecule has 1 unspecified atom stereocenters. The minimum Gasteiger partial charge on any atom is -0.472 e. The first kappa shape index (κ1) is 21.1. The van der Waals surface area contributed by atoms with Crippen molar-refractivity contribution in [1.82, 2.24) is 20.6 Å². The summed E-state index contributed by atoms with van der Waals surface area (Å²) in [6.45, 7) is 3.65. The first-order valence-corrected chi connectivity index (χ1v) is 10.6. The first-order valence-electron chi connectivity index (χ1n) is 10.6. The van der Waals surface area contributed by atoms with Crippen molar-refractivity contribution in [2.24, 2.45) is 5.84 Å². The molecule has 164 valence electrons. The lowest BCUT2D eigenvalue weighted by Crippen LogP contribution is -2.43.